The molecule has 0 N–H and O–H groups in total. The van der Waals surface area contributed by atoms with Crippen molar-refractivity contribution in [3.05, 3.63) is 35.2 Å². The van der Waals surface area contributed by atoms with Crippen molar-refractivity contribution in [1.82, 2.24) is 24.4 Å². The quantitative estimate of drug-likeness (QED) is 0.715. The van der Waals surface area contributed by atoms with Gasteiger partial charge in [-0.25, -0.2) is 13.0 Å². The highest BCUT2D eigenvalue weighted by Gasteiger charge is 2.26. The molecular formula is C14H17N5O3S. The summed E-state index contributed by atoms with van der Waals surface area (Å²) in [5.41, 5.74) is 3.29. The Balaban J connectivity index is 2.01. The fourth-order valence-corrected chi connectivity index (χ4v) is 3.78. The molecule has 0 saturated carbocycles. The maximum absolute atomic E-state index is 12.9. The smallest absolute Gasteiger partial charge is 0.245 e. The van der Waals surface area contributed by atoms with Crippen molar-refractivity contribution in [2.45, 2.75) is 25.3 Å². The number of hydrogen-bond donors (Lipinski definition) is 0. The molecule has 0 aliphatic heterocycles. The van der Waals surface area contributed by atoms with E-state index in [1.54, 1.807) is 16.8 Å². The van der Waals surface area contributed by atoms with E-state index in [9.17, 15) is 8.42 Å². The predicted molar refractivity (Wildman–Crippen MR) is 83.1 cm³/mol. The summed E-state index contributed by atoms with van der Waals surface area (Å²) in [5, 5.41) is 11.7. The van der Waals surface area contributed by atoms with Crippen molar-refractivity contribution < 1.29 is 13.0 Å². The van der Waals surface area contributed by atoms with Crippen LogP contribution in [0.1, 0.15) is 17.0 Å². The summed E-state index contributed by atoms with van der Waals surface area (Å²) < 4.78 is 33.4. The summed E-state index contributed by atoms with van der Waals surface area (Å²) in [5.74, 6) is 0. The minimum absolute atomic E-state index is 0.0814. The average molecular weight is 335 g/mol. The second kappa shape index (κ2) is 5.43. The van der Waals surface area contributed by atoms with Crippen LogP contribution in [0.25, 0.3) is 11.0 Å². The molecule has 0 spiro atoms. The largest absolute Gasteiger partial charge is 0.272 e. The number of rotatable bonds is 4. The highest BCUT2D eigenvalue weighted by atomic mass is 32.2. The fourth-order valence-electron chi connectivity index (χ4n) is 2.51. The van der Waals surface area contributed by atoms with Crippen molar-refractivity contribution in [2.75, 3.05) is 7.05 Å². The monoisotopic (exact) mass is 335 g/mol. The van der Waals surface area contributed by atoms with Crippen molar-refractivity contribution in [2.24, 2.45) is 7.05 Å². The summed E-state index contributed by atoms with van der Waals surface area (Å²) in [6, 6.07) is 4.77. The van der Waals surface area contributed by atoms with Crippen molar-refractivity contribution in [1.29, 1.82) is 0 Å². The van der Waals surface area contributed by atoms with E-state index in [0.29, 0.717) is 5.52 Å². The van der Waals surface area contributed by atoms with Crippen molar-refractivity contribution in [3.8, 4) is 0 Å². The molecule has 2 heterocycles. The van der Waals surface area contributed by atoms with Gasteiger partial charge in [-0.05, 0) is 36.3 Å². The highest BCUT2D eigenvalue weighted by molar-refractivity contribution is 7.89. The third-order valence-corrected chi connectivity index (χ3v) is 5.81. The van der Waals surface area contributed by atoms with E-state index in [1.165, 1.54) is 17.4 Å². The summed E-state index contributed by atoms with van der Waals surface area (Å²) in [6.45, 7) is 4.01. The Bertz CT molecular complexity index is 974. The molecular weight excluding hydrogens is 318 g/mol. The Morgan fingerprint density at radius 2 is 2.00 bits per heavy atom. The van der Waals surface area contributed by atoms with Crippen LogP contribution in [0.3, 0.4) is 0 Å². The number of sulfonamides is 1. The molecule has 3 aromatic rings. The van der Waals surface area contributed by atoms with E-state index in [2.05, 4.69) is 20.0 Å². The van der Waals surface area contributed by atoms with Crippen molar-refractivity contribution in [3.63, 3.8) is 0 Å². The molecule has 0 saturated heterocycles. The van der Waals surface area contributed by atoms with E-state index in [1.807, 2.05) is 20.9 Å². The molecule has 2 aromatic heterocycles. The van der Waals surface area contributed by atoms with Gasteiger partial charge in [0.1, 0.15) is 10.4 Å². The third-order valence-electron chi connectivity index (χ3n) is 3.98. The zero-order valence-electron chi connectivity index (χ0n) is 13.3. The molecule has 0 atom stereocenters. The summed E-state index contributed by atoms with van der Waals surface area (Å²) in [6.07, 6.45) is 0. The van der Waals surface area contributed by atoms with Gasteiger partial charge in [0, 0.05) is 31.9 Å². The zero-order valence-corrected chi connectivity index (χ0v) is 14.1. The summed E-state index contributed by atoms with van der Waals surface area (Å²) in [7, 11) is -0.353. The Kier molecular flexibility index (Phi) is 3.69. The number of hydrogen-bond acceptors (Lipinski definition) is 6. The standard InChI is InChI=1S/C14H17N5O3S/c1-9-11(10(2)19(4)15-9)8-18(3)23(20,21)13-7-5-6-12-14(13)17-22-16-12/h5-7H,8H2,1-4H3. The number of fused-ring (bicyclic) bond motifs is 1. The lowest BCUT2D eigenvalue weighted by Crippen LogP contribution is -2.27. The molecule has 0 aliphatic carbocycles. The highest BCUT2D eigenvalue weighted by Crippen LogP contribution is 2.24. The van der Waals surface area contributed by atoms with Gasteiger partial charge in [0.15, 0.2) is 5.52 Å². The molecule has 122 valence electrons. The minimum atomic E-state index is -3.72. The molecule has 1 aromatic carbocycles. The SMILES string of the molecule is Cc1nn(C)c(C)c1CN(C)S(=O)(=O)c1cccc2nonc12. The molecule has 0 unspecified atom stereocenters. The zero-order chi connectivity index (χ0) is 16.8. The Morgan fingerprint density at radius 1 is 1.26 bits per heavy atom. The van der Waals surface area contributed by atoms with Crippen LogP contribution >= 0.6 is 0 Å². The fraction of sp³-hybridized carbons (Fsp3) is 0.357. The van der Waals surface area contributed by atoms with E-state index < -0.39 is 10.0 Å². The van der Waals surface area contributed by atoms with E-state index in [-0.39, 0.29) is 17.0 Å². The molecule has 0 radical (unpaired) electrons. The number of nitrogens with zero attached hydrogens (tertiary/aromatic N) is 5. The Hall–Kier alpha value is -2.26. The number of aromatic nitrogens is 4. The Labute approximate surface area is 133 Å². The average Bonchev–Trinajstić information content (AvgIpc) is 3.07. The molecule has 23 heavy (non-hydrogen) atoms. The van der Waals surface area contributed by atoms with Gasteiger partial charge in [0.05, 0.1) is 5.69 Å². The van der Waals surface area contributed by atoms with Crippen LogP contribution < -0.4 is 0 Å². The van der Waals surface area contributed by atoms with Crippen LogP contribution in [0.5, 0.6) is 0 Å². The van der Waals surface area contributed by atoms with Gasteiger partial charge in [-0.2, -0.15) is 9.40 Å². The lowest BCUT2D eigenvalue weighted by atomic mass is 10.2. The lowest BCUT2D eigenvalue weighted by Gasteiger charge is -2.17. The maximum Gasteiger partial charge on any atom is 0.245 e. The van der Waals surface area contributed by atoms with Crippen LogP contribution in [0.4, 0.5) is 0 Å². The predicted octanol–water partition coefficient (Wildman–Crippen LogP) is 1.39. The topological polar surface area (TPSA) is 94.1 Å². The first kappa shape index (κ1) is 15.6. The Morgan fingerprint density at radius 3 is 2.65 bits per heavy atom. The molecule has 0 fully saturated rings. The first-order valence-electron chi connectivity index (χ1n) is 6.99. The van der Waals surface area contributed by atoms with Gasteiger partial charge >= 0.3 is 0 Å². The summed E-state index contributed by atoms with van der Waals surface area (Å²) in [4.78, 5) is 0.0814. The second-order valence-electron chi connectivity index (χ2n) is 5.42. The molecule has 3 rings (SSSR count). The van der Waals surface area contributed by atoms with Gasteiger partial charge in [-0.3, -0.25) is 4.68 Å². The van der Waals surface area contributed by atoms with Crippen LogP contribution in [0.15, 0.2) is 27.7 Å². The number of benzene rings is 1. The van der Waals surface area contributed by atoms with Gasteiger partial charge in [0.25, 0.3) is 0 Å². The molecule has 0 amide bonds. The van der Waals surface area contributed by atoms with E-state index in [4.69, 9.17) is 0 Å². The first-order chi connectivity index (χ1) is 10.8. The van der Waals surface area contributed by atoms with Crippen molar-refractivity contribution >= 4 is 21.1 Å². The van der Waals surface area contributed by atoms with E-state index >= 15 is 0 Å². The molecule has 0 bridgehead atoms. The molecule has 8 nitrogen and oxygen atoms in total. The van der Waals surface area contributed by atoms with Gasteiger partial charge in [0.2, 0.25) is 10.0 Å². The first-order valence-corrected chi connectivity index (χ1v) is 8.43. The minimum Gasteiger partial charge on any atom is -0.272 e. The summed E-state index contributed by atoms with van der Waals surface area (Å²) >= 11 is 0. The van der Waals surface area contributed by atoms with E-state index in [0.717, 1.165) is 17.0 Å². The van der Waals surface area contributed by atoms with Gasteiger partial charge < -0.3 is 0 Å². The van der Waals surface area contributed by atoms with Crippen LogP contribution in [0, 0.1) is 13.8 Å². The molecule has 0 aliphatic rings. The second-order valence-corrected chi connectivity index (χ2v) is 7.44. The van der Waals surface area contributed by atoms with Crippen LogP contribution in [-0.2, 0) is 23.6 Å². The van der Waals surface area contributed by atoms with Gasteiger partial charge in [-0.1, -0.05) is 6.07 Å². The van der Waals surface area contributed by atoms with Crippen LogP contribution in [0.2, 0.25) is 0 Å². The maximum atomic E-state index is 12.9. The normalized spacial score (nSPS) is 12.4. The third kappa shape index (κ3) is 2.51. The van der Waals surface area contributed by atoms with Crippen LogP contribution in [-0.4, -0.2) is 39.9 Å². The van der Waals surface area contributed by atoms with Gasteiger partial charge in [-0.15, -0.1) is 0 Å². The lowest BCUT2D eigenvalue weighted by molar-refractivity contribution is 0.315. The molecule has 9 heteroatoms. The number of aryl methyl sites for hydroxylation is 2.